The van der Waals surface area contributed by atoms with Crippen molar-refractivity contribution in [2.24, 2.45) is 5.92 Å². The van der Waals surface area contributed by atoms with Gasteiger partial charge in [-0.2, -0.15) is 0 Å². The lowest BCUT2D eigenvalue weighted by Crippen LogP contribution is -2.50. The highest BCUT2D eigenvalue weighted by Crippen LogP contribution is 2.35. The summed E-state index contributed by atoms with van der Waals surface area (Å²) in [5, 5.41) is 2.04. The Morgan fingerprint density at radius 2 is 1.83 bits per heavy atom. The summed E-state index contributed by atoms with van der Waals surface area (Å²) < 4.78 is 2.07. The van der Waals surface area contributed by atoms with Gasteiger partial charge in [-0.05, 0) is 55.3 Å². The molecule has 124 valence electrons. The summed E-state index contributed by atoms with van der Waals surface area (Å²) in [6.07, 6.45) is 6.81. The smallest absolute Gasteiger partial charge is 0.258 e. The van der Waals surface area contributed by atoms with Crippen LogP contribution >= 0.6 is 12.4 Å². The van der Waals surface area contributed by atoms with E-state index in [4.69, 9.17) is 0 Å². The number of hydrogen-bond acceptors (Lipinski definition) is 2. The third kappa shape index (κ3) is 2.81. The molecule has 4 heteroatoms. The van der Waals surface area contributed by atoms with Crippen LogP contribution in [0.25, 0.3) is 10.8 Å². The van der Waals surface area contributed by atoms with Gasteiger partial charge in [0, 0.05) is 18.1 Å². The number of piperidine rings is 3. The molecule has 2 bridgehead atoms. The SMILES string of the molecule is CCCc1cn([C@@H]2CN3CCC2CC3)c(=O)c2ccccc12.Cl. The molecule has 0 aliphatic carbocycles. The molecule has 1 aromatic heterocycles. The lowest BCUT2D eigenvalue weighted by Gasteiger charge is -2.45. The number of halogens is 1. The van der Waals surface area contributed by atoms with E-state index in [9.17, 15) is 4.79 Å². The predicted molar refractivity (Wildman–Crippen MR) is 97.7 cm³/mol. The van der Waals surface area contributed by atoms with E-state index in [0.717, 1.165) is 30.2 Å². The Bertz CT molecular complexity index is 747. The molecule has 0 amide bonds. The fraction of sp³-hybridized carbons (Fsp3) is 0.526. The maximum absolute atomic E-state index is 13.0. The minimum Gasteiger partial charge on any atom is -0.310 e. The van der Waals surface area contributed by atoms with E-state index < -0.39 is 0 Å². The van der Waals surface area contributed by atoms with Gasteiger partial charge in [-0.3, -0.25) is 4.79 Å². The largest absolute Gasteiger partial charge is 0.310 e. The van der Waals surface area contributed by atoms with Crippen LogP contribution in [0.5, 0.6) is 0 Å². The Morgan fingerprint density at radius 1 is 1.13 bits per heavy atom. The minimum atomic E-state index is 0. The molecule has 0 radical (unpaired) electrons. The van der Waals surface area contributed by atoms with Gasteiger partial charge in [-0.25, -0.2) is 0 Å². The number of hydrogen-bond donors (Lipinski definition) is 0. The molecule has 1 atom stereocenters. The molecule has 4 heterocycles. The van der Waals surface area contributed by atoms with E-state index in [-0.39, 0.29) is 18.0 Å². The molecule has 3 nitrogen and oxygen atoms in total. The topological polar surface area (TPSA) is 25.2 Å². The fourth-order valence-corrected chi connectivity index (χ4v) is 4.35. The van der Waals surface area contributed by atoms with E-state index in [1.807, 2.05) is 18.2 Å². The maximum Gasteiger partial charge on any atom is 0.258 e. The third-order valence-corrected chi connectivity index (χ3v) is 5.53. The van der Waals surface area contributed by atoms with Gasteiger partial charge in [0.05, 0.1) is 6.04 Å². The zero-order valence-electron chi connectivity index (χ0n) is 13.7. The van der Waals surface area contributed by atoms with Gasteiger partial charge in [0.25, 0.3) is 5.56 Å². The number of fused-ring (bicyclic) bond motifs is 4. The number of benzene rings is 1. The van der Waals surface area contributed by atoms with E-state index >= 15 is 0 Å². The monoisotopic (exact) mass is 332 g/mol. The summed E-state index contributed by atoms with van der Waals surface area (Å²) in [5.41, 5.74) is 1.53. The van der Waals surface area contributed by atoms with Crippen molar-refractivity contribution in [3.05, 3.63) is 46.4 Å². The van der Waals surface area contributed by atoms with Crippen molar-refractivity contribution in [3.63, 3.8) is 0 Å². The van der Waals surface area contributed by atoms with E-state index in [0.29, 0.717) is 12.0 Å². The Kier molecular flexibility index (Phi) is 4.79. The molecule has 23 heavy (non-hydrogen) atoms. The van der Waals surface area contributed by atoms with Crippen LogP contribution in [0.1, 0.15) is 37.8 Å². The Balaban J connectivity index is 0.00000156. The number of aryl methyl sites for hydroxylation is 1. The average molecular weight is 333 g/mol. The van der Waals surface area contributed by atoms with Crippen LogP contribution in [-0.2, 0) is 6.42 Å². The Morgan fingerprint density at radius 3 is 2.43 bits per heavy atom. The van der Waals surface area contributed by atoms with Crippen molar-refractivity contribution >= 4 is 23.2 Å². The summed E-state index contributed by atoms with van der Waals surface area (Å²) >= 11 is 0. The lowest BCUT2D eigenvalue weighted by atomic mass is 9.83. The average Bonchev–Trinajstić information content (AvgIpc) is 2.58. The highest BCUT2D eigenvalue weighted by atomic mass is 35.5. The highest BCUT2D eigenvalue weighted by Gasteiger charge is 2.35. The van der Waals surface area contributed by atoms with Crippen molar-refractivity contribution in [1.29, 1.82) is 0 Å². The van der Waals surface area contributed by atoms with E-state index in [1.165, 1.54) is 31.5 Å². The molecule has 3 saturated heterocycles. The van der Waals surface area contributed by atoms with Crippen LogP contribution in [0.2, 0.25) is 0 Å². The number of nitrogens with zero attached hydrogens (tertiary/aromatic N) is 2. The standard InChI is InChI=1S/C19H24N2O.ClH/c1-2-5-15-12-21(18-13-20-10-8-14(18)9-11-20)19(22)17-7-4-3-6-16(15)17;/h3-4,6-7,12,14,18H,2,5,8-11,13H2,1H3;1H/t18-;/m1./s1. The molecule has 5 rings (SSSR count). The number of pyridine rings is 1. The lowest BCUT2D eigenvalue weighted by molar-refractivity contribution is 0.0555. The molecule has 0 unspecified atom stereocenters. The van der Waals surface area contributed by atoms with Gasteiger partial charge in [0.2, 0.25) is 0 Å². The first-order valence-corrected chi connectivity index (χ1v) is 8.63. The molecule has 0 saturated carbocycles. The van der Waals surface area contributed by atoms with Crippen LogP contribution in [0.4, 0.5) is 0 Å². The second kappa shape index (κ2) is 6.66. The minimum absolute atomic E-state index is 0. The predicted octanol–water partition coefficient (Wildman–Crippen LogP) is 3.64. The van der Waals surface area contributed by atoms with Crippen molar-refractivity contribution in [2.75, 3.05) is 19.6 Å². The number of rotatable bonds is 3. The van der Waals surface area contributed by atoms with Crippen LogP contribution in [0.15, 0.2) is 35.3 Å². The van der Waals surface area contributed by atoms with Gasteiger partial charge >= 0.3 is 0 Å². The second-order valence-electron chi connectivity index (χ2n) is 6.87. The molecule has 3 fully saturated rings. The quantitative estimate of drug-likeness (QED) is 0.857. The van der Waals surface area contributed by atoms with Gasteiger partial charge in [0.1, 0.15) is 0 Å². The summed E-state index contributed by atoms with van der Waals surface area (Å²) in [7, 11) is 0. The molecular weight excluding hydrogens is 308 g/mol. The van der Waals surface area contributed by atoms with Gasteiger partial charge < -0.3 is 9.47 Å². The first-order chi connectivity index (χ1) is 10.8. The Hall–Kier alpha value is -1.32. The molecule has 0 spiro atoms. The molecule has 3 aliphatic rings. The maximum atomic E-state index is 13.0. The fourth-order valence-electron chi connectivity index (χ4n) is 4.35. The van der Waals surface area contributed by atoms with Crippen molar-refractivity contribution < 1.29 is 0 Å². The zero-order valence-corrected chi connectivity index (χ0v) is 14.5. The van der Waals surface area contributed by atoms with Crippen LogP contribution in [0.3, 0.4) is 0 Å². The van der Waals surface area contributed by atoms with E-state index in [1.54, 1.807) is 0 Å². The molecular formula is C19H25ClN2O. The number of aromatic nitrogens is 1. The zero-order chi connectivity index (χ0) is 15.1. The van der Waals surface area contributed by atoms with E-state index in [2.05, 4.69) is 28.7 Å². The van der Waals surface area contributed by atoms with Gasteiger partial charge in [0.15, 0.2) is 0 Å². The first-order valence-electron chi connectivity index (χ1n) is 8.63. The molecule has 3 aliphatic heterocycles. The normalized spacial score (nSPS) is 26.2. The van der Waals surface area contributed by atoms with Crippen molar-refractivity contribution in [1.82, 2.24) is 9.47 Å². The highest BCUT2D eigenvalue weighted by molar-refractivity contribution is 5.85. The third-order valence-electron chi connectivity index (χ3n) is 5.53. The van der Waals surface area contributed by atoms with Crippen LogP contribution in [-0.4, -0.2) is 29.1 Å². The van der Waals surface area contributed by atoms with Crippen LogP contribution in [0, 0.1) is 5.92 Å². The Labute approximate surface area is 143 Å². The molecule has 2 aromatic rings. The summed E-state index contributed by atoms with van der Waals surface area (Å²) in [4.78, 5) is 15.5. The summed E-state index contributed by atoms with van der Waals surface area (Å²) in [6, 6.07) is 8.49. The van der Waals surface area contributed by atoms with Gasteiger partial charge in [-0.15, -0.1) is 12.4 Å². The van der Waals surface area contributed by atoms with Gasteiger partial charge in [-0.1, -0.05) is 31.5 Å². The second-order valence-corrected chi connectivity index (χ2v) is 6.87. The summed E-state index contributed by atoms with van der Waals surface area (Å²) in [6.45, 7) is 5.68. The summed E-state index contributed by atoms with van der Waals surface area (Å²) in [5.74, 6) is 0.679. The first kappa shape index (κ1) is 16.5. The van der Waals surface area contributed by atoms with Crippen molar-refractivity contribution in [3.8, 4) is 0 Å². The van der Waals surface area contributed by atoms with Crippen LogP contribution < -0.4 is 5.56 Å². The molecule has 1 aromatic carbocycles. The molecule has 0 N–H and O–H groups in total. The van der Waals surface area contributed by atoms with Crippen molar-refractivity contribution in [2.45, 2.75) is 38.6 Å².